The van der Waals surface area contributed by atoms with Crippen LogP contribution in [0.3, 0.4) is 0 Å². The van der Waals surface area contributed by atoms with Gasteiger partial charge in [-0.3, -0.25) is 9.59 Å². The highest BCUT2D eigenvalue weighted by molar-refractivity contribution is 5.65. The van der Waals surface area contributed by atoms with E-state index in [1.165, 1.54) is 71.6 Å². The zero-order valence-electron chi connectivity index (χ0n) is 14.0. The van der Waals surface area contributed by atoms with Gasteiger partial charge < -0.3 is 9.57 Å². The second-order valence-electron chi connectivity index (χ2n) is 5.13. The van der Waals surface area contributed by atoms with Crippen LogP contribution in [0.5, 0.6) is 0 Å². The lowest BCUT2D eigenvalue weighted by molar-refractivity contribution is -0.142. The topological polar surface area (TPSA) is 78.6 Å². The Morgan fingerprint density at radius 3 is 1.48 bits per heavy atom. The van der Waals surface area contributed by atoms with Crippen molar-refractivity contribution >= 4 is 11.9 Å². The van der Waals surface area contributed by atoms with Gasteiger partial charge >= 0.3 is 11.9 Å². The molecule has 0 rings (SSSR count). The predicted octanol–water partition coefficient (Wildman–Crippen LogP) is 3.89. The van der Waals surface area contributed by atoms with E-state index in [-0.39, 0.29) is 5.97 Å². The zero-order valence-corrected chi connectivity index (χ0v) is 14.0. The predicted molar refractivity (Wildman–Crippen MR) is 84.4 cm³/mol. The van der Waals surface area contributed by atoms with Crippen LogP contribution in [0.4, 0.5) is 0 Å². The van der Waals surface area contributed by atoms with Crippen molar-refractivity contribution in [2.45, 2.75) is 85.0 Å². The van der Waals surface area contributed by atoms with Gasteiger partial charge in [-0.1, -0.05) is 64.7 Å². The number of hydrogen-bond donors (Lipinski definition) is 1. The Kier molecular flexibility index (Phi) is 20.0. The maximum absolute atomic E-state index is 10.5. The number of carbonyl (C=O) groups excluding carboxylic acids is 2. The Morgan fingerprint density at radius 1 is 0.762 bits per heavy atom. The zero-order chi connectivity index (χ0) is 16.3. The SMILES string of the molecule is CC(=O)ON.CCCCCCCCCCCCOC(C)=O. The summed E-state index contributed by atoms with van der Waals surface area (Å²) in [4.78, 5) is 23.6. The lowest BCUT2D eigenvalue weighted by Crippen LogP contribution is -2.03. The van der Waals surface area contributed by atoms with Crippen LogP contribution < -0.4 is 5.90 Å². The van der Waals surface area contributed by atoms with Gasteiger partial charge in [0, 0.05) is 13.8 Å². The number of carbonyl (C=O) groups is 2. The summed E-state index contributed by atoms with van der Waals surface area (Å²) < 4.78 is 4.87. The molecule has 126 valence electrons. The van der Waals surface area contributed by atoms with Crippen molar-refractivity contribution in [1.29, 1.82) is 0 Å². The first-order chi connectivity index (χ1) is 10.0. The Balaban J connectivity index is 0. The van der Waals surface area contributed by atoms with E-state index in [9.17, 15) is 9.59 Å². The molecule has 0 heterocycles. The van der Waals surface area contributed by atoms with Gasteiger partial charge in [0.2, 0.25) is 0 Å². The van der Waals surface area contributed by atoms with Gasteiger partial charge in [0.05, 0.1) is 6.61 Å². The first-order valence-corrected chi connectivity index (χ1v) is 8.05. The molecule has 0 aromatic heterocycles. The molecule has 0 aromatic rings. The van der Waals surface area contributed by atoms with Crippen LogP contribution in [0.15, 0.2) is 0 Å². The molecule has 0 atom stereocenters. The molecule has 0 aromatic carbocycles. The lowest BCUT2D eigenvalue weighted by Gasteiger charge is -2.02. The van der Waals surface area contributed by atoms with E-state index in [0.717, 1.165) is 6.42 Å². The maximum atomic E-state index is 10.5. The highest BCUT2D eigenvalue weighted by Gasteiger charge is 1.94. The van der Waals surface area contributed by atoms with E-state index in [0.29, 0.717) is 6.61 Å². The average molecular weight is 303 g/mol. The van der Waals surface area contributed by atoms with Gasteiger partial charge in [0.25, 0.3) is 0 Å². The van der Waals surface area contributed by atoms with Gasteiger partial charge in [0.15, 0.2) is 0 Å². The minimum Gasteiger partial charge on any atom is -0.466 e. The number of rotatable bonds is 11. The lowest BCUT2D eigenvalue weighted by atomic mass is 10.1. The van der Waals surface area contributed by atoms with E-state index in [1.54, 1.807) is 0 Å². The molecule has 0 saturated carbocycles. The number of ether oxygens (including phenoxy) is 1. The van der Waals surface area contributed by atoms with Crippen LogP contribution in [-0.2, 0) is 19.2 Å². The molecule has 0 saturated heterocycles. The Hall–Kier alpha value is -1.10. The molecule has 5 nitrogen and oxygen atoms in total. The van der Waals surface area contributed by atoms with Crippen molar-refractivity contribution in [1.82, 2.24) is 0 Å². The normalized spacial score (nSPS) is 9.52. The molecule has 0 aliphatic heterocycles. The van der Waals surface area contributed by atoms with E-state index in [4.69, 9.17) is 4.74 Å². The van der Waals surface area contributed by atoms with Crippen LogP contribution in [0, 0.1) is 0 Å². The molecule has 0 aliphatic rings. The molecule has 0 fully saturated rings. The molecule has 0 aliphatic carbocycles. The fourth-order valence-electron chi connectivity index (χ4n) is 1.81. The third-order valence-corrected chi connectivity index (χ3v) is 2.97. The number of esters is 1. The summed E-state index contributed by atoms with van der Waals surface area (Å²) in [6.07, 6.45) is 13.1. The smallest absolute Gasteiger partial charge is 0.321 e. The molecule has 0 bridgehead atoms. The summed E-state index contributed by atoms with van der Waals surface area (Å²) in [5, 5.41) is 0. The minimum absolute atomic E-state index is 0.157. The first kappa shape index (κ1) is 22.2. The molecule has 0 unspecified atom stereocenters. The number of nitrogens with two attached hydrogens (primary N) is 1. The molecule has 2 N–H and O–H groups in total. The quantitative estimate of drug-likeness (QED) is 0.356. The van der Waals surface area contributed by atoms with E-state index >= 15 is 0 Å². The summed E-state index contributed by atoms with van der Waals surface area (Å²) in [5.74, 6) is 3.70. The fraction of sp³-hybridized carbons (Fsp3) is 0.875. The van der Waals surface area contributed by atoms with Crippen LogP contribution >= 0.6 is 0 Å². The standard InChI is InChI=1S/C14H28O2.C2H5NO2/c1-3-4-5-6-7-8-9-10-11-12-13-16-14(2)15;1-2(4)5-3/h3-13H2,1-2H3;3H2,1H3. The summed E-state index contributed by atoms with van der Waals surface area (Å²) in [6.45, 7) is 5.56. The summed E-state index contributed by atoms with van der Waals surface area (Å²) in [7, 11) is 0. The summed E-state index contributed by atoms with van der Waals surface area (Å²) in [6, 6.07) is 0. The van der Waals surface area contributed by atoms with Crippen molar-refractivity contribution in [3.05, 3.63) is 0 Å². The van der Waals surface area contributed by atoms with E-state index < -0.39 is 5.97 Å². The molecule has 5 heteroatoms. The summed E-state index contributed by atoms with van der Waals surface area (Å²) in [5.41, 5.74) is 0. The Morgan fingerprint density at radius 2 is 1.14 bits per heavy atom. The van der Waals surface area contributed by atoms with E-state index in [2.05, 4.69) is 17.7 Å². The Labute approximate surface area is 129 Å². The van der Waals surface area contributed by atoms with Crippen molar-refractivity contribution in [2.24, 2.45) is 5.90 Å². The van der Waals surface area contributed by atoms with Crippen LogP contribution in [0.2, 0.25) is 0 Å². The van der Waals surface area contributed by atoms with Crippen LogP contribution in [0.1, 0.15) is 85.0 Å². The fourth-order valence-corrected chi connectivity index (χ4v) is 1.81. The van der Waals surface area contributed by atoms with Crippen LogP contribution in [-0.4, -0.2) is 18.5 Å². The molecular weight excluding hydrogens is 270 g/mol. The number of unbranched alkanes of at least 4 members (excludes halogenated alkanes) is 9. The van der Waals surface area contributed by atoms with E-state index in [1.807, 2.05) is 0 Å². The largest absolute Gasteiger partial charge is 0.466 e. The highest BCUT2D eigenvalue weighted by Crippen LogP contribution is 2.10. The third-order valence-electron chi connectivity index (χ3n) is 2.97. The van der Waals surface area contributed by atoms with Gasteiger partial charge in [-0.15, -0.1) is 0 Å². The van der Waals surface area contributed by atoms with Crippen molar-refractivity contribution in [3.63, 3.8) is 0 Å². The molecular formula is C16H33NO4. The summed E-state index contributed by atoms with van der Waals surface area (Å²) >= 11 is 0. The van der Waals surface area contributed by atoms with Gasteiger partial charge in [-0.25, -0.2) is 0 Å². The molecule has 0 amide bonds. The van der Waals surface area contributed by atoms with Gasteiger partial charge in [-0.05, 0) is 6.42 Å². The molecule has 21 heavy (non-hydrogen) atoms. The minimum atomic E-state index is -0.468. The second-order valence-corrected chi connectivity index (χ2v) is 5.13. The van der Waals surface area contributed by atoms with Gasteiger partial charge in [0.1, 0.15) is 0 Å². The Bertz CT molecular complexity index is 244. The van der Waals surface area contributed by atoms with Gasteiger partial charge in [-0.2, -0.15) is 5.90 Å². The first-order valence-electron chi connectivity index (χ1n) is 8.05. The third kappa shape index (κ3) is 27.9. The maximum Gasteiger partial charge on any atom is 0.321 e. The second kappa shape index (κ2) is 18.9. The monoisotopic (exact) mass is 303 g/mol. The average Bonchev–Trinajstić information content (AvgIpc) is 2.45. The van der Waals surface area contributed by atoms with Crippen molar-refractivity contribution in [2.75, 3.05) is 6.61 Å². The number of hydrogen-bond acceptors (Lipinski definition) is 5. The molecule has 0 spiro atoms. The highest BCUT2D eigenvalue weighted by atomic mass is 16.7. The van der Waals surface area contributed by atoms with Crippen molar-refractivity contribution < 1.29 is 19.2 Å². The van der Waals surface area contributed by atoms with Crippen LogP contribution in [0.25, 0.3) is 0 Å². The molecule has 0 radical (unpaired) electrons. The van der Waals surface area contributed by atoms with Crippen molar-refractivity contribution in [3.8, 4) is 0 Å².